The third-order valence-corrected chi connectivity index (χ3v) is 4.13. The van der Waals surface area contributed by atoms with Gasteiger partial charge in [-0.05, 0) is 12.1 Å². The Morgan fingerprint density at radius 2 is 2.19 bits per heavy atom. The van der Waals surface area contributed by atoms with Gasteiger partial charge < -0.3 is 15.4 Å². The van der Waals surface area contributed by atoms with Crippen LogP contribution < -0.4 is 10.6 Å². The van der Waals surface area contributed by atoms with E-state index in [0.29, 0.717) is 18.1 Å². The zero-order valence-corrected chi connectivity index (χ0v) is 14.1. The van der Waals surface area contributed by atoms with Gasteiger partial charge in [-0.2, -0.15) is 0 Å². The Bertz CT molecular complexity index is 516. The normalized spacial score (nSPS) is 17.1. The zero-order valence-electron chi connectivity index (χ0n) is 12.6. The number of carbonyl (C=O) groups is 1. The fourth-order valence-electron chi connectivity index (χ4n) is 2.76. The van der Waals surface area contributed by atoms with Crippen LogP contribution in [0, 0.1) is 0 Å². The van der Waals surface area contributed by atoms with Crippen molar-refractivity contribution in [2.24, 2.45) is 5.73 Å². The van der Waals surface area contributed by atoms with E-state index in [1.807, 2.05) is 18.2 Å². The summed E-state index contributed by atoms with van der Waals surface area (Å²) in [5, 5.41) is 0.713. The molecule has 2 rings (SSSR count). The summed E-state index contributed by atoms with van der Waals surface area (Å²) in [5.74, 6) is 0.0244. The van der Waals surface area contributed by atoms with Crippen LogP contribution in [0.15, 0.2) is 18.2 Å². The Morgan fingerprint density at radius 1 is 1.52 bits per heavy atom. The molecule has 1 aliphatic rings. The highest BCUT2D eigenvalue weighted by Crippen LogP contribution is 2.44. The minimum absolute atomic E-state index is 0. The third kappa shape index (κ3) is 3.51. The predicted molar refractivity (Wildman–Crippen MR) is 88.5 cm³/mol. The molecule has 0 saturated heterocycles. The van der Waals surface area contributed by atoms with Gasteiger partial charge >= 0.3 is 0 Å². The van der Waals surface area contributed by atoms with Crippen LogP contribution in [0.1, 0.15) is 25.8 Å². The van der Waals surface area contributed by atoms with Crippen LogP contribution in [0.4, 0.5) is 5.69 Å². The first-order valence-corrected chi connectivity index (χ1v) is 7.10. The van der Waals surface area contributed by atoms with Crippen molar-refractivity contribution < 1.29 is 9.53 Å². The van der Waals surface area contributed by atoms with Crippen LogP contribution in [0.3, 0.4) is 0 Å². The third-order valence-electron chi connectivity index (χ3n) is 3.81. The first kappa shape index (κ1) is 18.2. The molecule has 0 radical (unpaired) electrons. The number of ether oxygens (including phenoxy) is 1. The van der Waals surface area contributed by atoms with E-state index in [1.165, 1.54) is 0 Å². The molecule has 0 aliphatic carbocycles. The maximum atomic E-state index is 12.5. The fraction of sp³-hybridized carbons (Fsp3) is 0.533. The standard InChI is InChI=1S/C15H21ClN2O2.ClH/c1-15(2)9-18(13(19)7-10(8-17)20-3)12-6-4-5-11(16)14(12)15;/h4-6,10H,7-9,17H2,1-3H3;1H. The van der Waals surface area contributed by atoms with Crippen molar-refractivity contribution >= 4 is 35.6 Å². The van der Waals surface area contributed by atoms with Crippen molar-refractivity contribution in [1.82, 2.24) is 0 Å². The van der Waals surface area contributed by atoms with Gasteiger partial charge in [0.25, 0.3) is 0 Å². The van der Waals surface area contributed by atoms with Crippen molar-refractivity contribution in [3.05, 3.63) is 28.8 Å². The van der Waals surface area contributed by atoms with Crippen LogP contribution in [0.2, 0.25) is 5.02 Å². The van der Waals surface area contributed by atoms with Gasteiger partial charge in [0.1, 0.15) is 0 Å². The molecule has 2 N–H and O–H groups in total. The van der Waals surface area contributed by atoms with E-state index in [4.69, 9.17) is 22.1 Å². The van der Waals surface area contributed by atoms with E-state index in [9.17, 15) is 4.79 Å². The highest BCUT2D eigenvalue weighted by molar-refractivity contribution is 6.32. The van der Waals surface area contributed by atoms with Gasteiger partial charge in [0.05, 0.1) is 12.5 Å². The minimum atomic E-state index is -0.242. The van der Waals surface area contributed by atoms with Gasteiger partial charge in [-0.1, -0.05) is 31.5 Å². The maximum absolute atomic E-state index is 12.5. The monoisotopic (exact) mass is 332 g/mol. The average Bonchev–Trinajstić information content (AvgIpc) is 2.69. The maximum Gasteiger partial charge on any atom is 0.229 e. The SMILES string of the molecule is COC(CN)CC(=O)N1CC(C)(C)c2c(Cl)cccc21.Cl. The average molecular weight is 333 g/mol. The molecule has 1 aromatic rings. The Balaban J connectivity index is 0.00000220. The number of rotatable bonds is 4. The van der Waals surface area contributed by atoms with Gasteiger partial charge in [0.2, 0.25) is 5.91 Å². The number of nitrogens with two attached hydrogens (primary N) is 1. The van der Waals surface area contributed by atoms with Gasteiger partial charge in [-0.3, -0.25) is 4.79 Å². The van der Waals surface area contributed by atoms with E-state index in [-0.39, 0.29) is 36.3 Å². The summed E-state index contributed by atoms with van der Waals surface area (Å²) in [6.45, 7) is 5.16. The Morgan fingerprint density at radius 3 is 2.76 bits per heavy atom. The van der Waals surface area contributed by atoms with E-state index in [0.717, 1.165) is 11.3 Å². The molecule has 21 heavy (non-hydrogen) atoms. The first-order valence-electron chi connectivity index (χ1n) is 6.73. The summed E-state index contributed by atoms with van der Waals surface area (Å²) >= 11 is 6.30. The van der Waals surface area contributed by atoms with Crippen LogP contribution >= 0.6 is 24.0 Å². The van der Waals surface area contributed by atoms with E-state index >= 15 is 0 Å². The van der Waals surface area contributed by atoms with Crippen molar-refractivity contribution in [3.63, 3.8) is 0 Å². The number of benzene rings is 1. The summed E-state index contributed by atoms with van der Waals surface area (Å²) in [6.07, 6.45) is 0.0449. The zero-order chi connectivity index (χ0) is 14.9. The molecule has 0 fully saturated rings. The van der Waals surface area contributed by atoms with E-state index in [1.54, 1.807) is 12.0 Å². The molecule has 0 saturated carbocycles. The Hall–Kier alpha value is -0.810. The van der Waals surface area contributed by atoms with Crippen molar-refractivity contribution in [1.29, 1.82) is 0 Å². The number of nitrogens with zero attached hydrogens (tertiary/aromatic N) is 1. The number of methoxy groups -OCH3 is 1. The molecule has 1 unspecified atom stereocenters. The van der Waals surface area contributed by atoms with Crippen molar-refractivity contribution in [2.45, 2.75) is 31.8 Å². The summed E-state index contributed by atoms with van der Waals surface area (Å²) in [4.78, 5) is 14.3. The summed E-state index contributed by atoms with van der Waals surface area (Å²) in [7, 11) is 1.57. The lowest BCUT2D eigenvalue weighted by Crippen LogP contribution is -2.37. The number of hydrogen-bond acceptors (Lipinski definition) is 3. The molecule has 1 heterocycles. The summed E-state index contributed by atoms with van der Waals surface area (Å²) in [5.41, 5.74) is 7.38. The smallest absolute Gasteiger partial charge is 0.229 e. The second kappa shape index (κ2) is 6.97. The molecule has 1 aromatic carbocycles. The fourth-order valence-corrected chi connectivity index (χ4v) is 3.18. The lowest BCUT2D eigenvalue weighted by atomic mass is 9.87. The molecule has 0 bridgehead atoms. The topological polar surface area (TPSA) is 55.6 Å². The van der Waals surface area contributed by atoms with Crippen LogP contribution in [-0.4, -0.2) is 32.2 Å². The van der Waals surface area contributed by atoms with Gasteiger partial charge in [-0.25, -0.2) is 0 Å². The van der Waals surface area contributed by atoms with Crippen LogP contribution in [0.5, 0.6) is 0 Å². The van der Waals surface area contributed by atoms with Gasteiger partial charge in [0, 0.05) is 41.9 Å². The molecule has 1 amide bonds. The quantitative estimate of drug-likeness (QED) is 0.922. The van der Waals surface area contributed by atoms with Crippen LogP contribution in [0.25, 0.3) is 0 Å². The number of amides is 1. The molecule has 0 aromatic heterocycles. The van der Waals surface area contributed by atoms with Crippen molar-refractivity contribution in [2.75, 3.05) is 25.1 Å². The molecular formula is C15H22Cl2N2O2. The lowest BCUT2D eigenvalue weighted by Gasteiger charge is -2.22. The lowest BCUT2D eigenvalue weighted by molar-refractivity contribution is -0.120. The van der Waals surface area contributed by atoms with E-state index in [2.05, 4.69) is 13.8 Å². The minimum Gasteiger partial charge on any atom is -0.380 e. The number of hydrogen-bond donors (Lipinski definition) is 1. The second-order valence-electron chi connectivity index (χ2n) is 5.80. The molecule has 0 spiro atoms. The van der Waals surface area contributed by atoms with Gasteiger partial charge in [-0.15, -0.1) is 12.4 Å². The Labute approximate surface area is 137 Å². The molecule has 4 nitrogen and oxygen atoms in total. The molecular weight excluding hydrogens is 311 g/mol. The highest BCUT2D eigenvalue weighted by Gasteiger charge is 2.39. The Kier molecular flexibility index (Phi) is 6.05. The van der Waals surface area contributed by atoms with Crippen LogP contribution in [-0.2, 0) is 14.9 Å². The second-order valence-corrected chi connectivity index (χ2v) is 6.20. The first-order chi connectivity index (χ1) is 9.40. The summed E-state index contributed by atoms with van der Waals surface area (Å²) in [6, 6.07) is 5.69. The summed E-state index contributed by atoms with van der Waals surface area (Å²) < 4.78 is 5.19. The largest absolute Gasteiger partial charge is 0.380 e. The number of carbonyl (C=O) groups excluding carboxylic acids is 1. The molecule has 1 aliphatic heterocycles. The van der Waals surface area contributed by atoms with E-state index < -0.39 is 0 Å². The highest BCUT2D eigenvalue weighted by atomic mass is 35.5. The predicted octanol–water partition coefficient (Wildman–Crippen LogP) is 2.75. The number of fused-ring (bicyclic) bond motifs is 1. The molecule has 1 atom stereocenters. The molecule has 118 valence electrons. The number of anilines is 1. The van der Waals surface area contributed by atoms with Crippen molar-refractivity contribution in [3.8, 4) is 0 Å². The molecule has 6 heteroatoms. The van der Waals surface area contributed by atoms with Gasteiger partial charge in [0.15, 0.2) is 0 Å². The number of halogens is 2.